The van der Waals surface area contributed by atoms with E-state index in [1.54, 1.807) is 18.2 Å². The van der Waals surface area contributed by atoms with E-state index in [0.29, 0.717) is 28.6 Å². The molecule has 0 spiro atoms. The van der Waals surface area contributed by atoms with Crippen LogP contribution >= 0.6 is 11.6 Å². The molecule has 0 saturated heterocycles. The van der Waals surface area contributed by atoms with Crippen LogP contribution in [0, 0.1) is 5.92 Å². The molecule has 0 aliphatic heterocycles. The summed E-state index contributed by atoms with van der Waals surface area (Å²) in [5.41, 5.74) is 0.958. The van der Waals surface area contributed by atoms with E-state index >= 15 is 0 Å². The Kier molecular flexibility index (Phi) is 5.61. The summed E-state index contributed by atoms with van der Waals surface area (Å²) in [6, 6.07) is 4.94. The van der Waals surface area contributed by atoms with Crippen molar-refractivity contribution < 1.29 is 9.59 Å². The predicted molar refractivity (Wildman–Crippen MR) is 89.2 cm³/mol. The molecule has 0 radical (unpaired) electrons. The number of anilines is 1. The van der Waals surface area contributed by atoms with Gasteiger partial charge in [-0.1, -0.05) is 23.8 Å². The molecule has 0 unspecified atom stereocenters. The monoisotopic (exact) mass is 320 g/mol. The number of carbonyl (C=O) groups is 2. The van der Waals surface area contributed by atoms with E-state index in [9.17, 15) is 9.59 Å². The molecule has 118 valence electrons. The molecule has 0 bridgehead atoms. The van der Waals surface area contributed by atoms with E-state index in [1.165, 1.54) is 0 Å². The Morgan fingerprint density at radius 2 is 2.14 bits per heavy atom. The Morgan fingerprint density at radius 1 is 1.36 bits per heavy atom. The molecule has 2 rings (SSSR count). The molecule has 1 aromatic rings. The number of halogens is 1. The van der Waals surface area contributed by atoms with Crippen molar-refractivity contribution in [3.8, 4) is 0 Å². The molecule has 22 heavy (non-hydrogen) atoms. The van der Waals surface area contributed by atoms with Gasteiger partial charge in [-0.15, -0.1) is 0 Å². The summed E-state index contributed by atoms with van der Waals surface area (Å²) < 4.78 is 0. The van der Waals surface area contributed by atoms with Gasteiger partial charge in [0.15, 0.2) is 0 Å². The lowest BCUT2D eigenvalue weighted by atomic mass is 10.0. The molecule has 2 N–H and O–H groups in total. The van der Waals surface area contributed by atoms with E-state index in [-0.39, 0.29) is 17.9 Å². The quantitative estimate of drug-likeness (QED) is 0.811. The maximum Gasteiger partial charge on any atom is 0.251 e. The van der Waals surface area contributed by atoms with Crippen molar-refractivity contribution in [2.75, 3.05) is 5.32 Å². The van der Waals surface area contributed by atoms with Crippen LogP contribution in [0.2, 0.25) is 5.02 Å². The van der Waals surface area contributed by atoms with E-state index in [4.69, 9.17) is 11.6 Å². The first kappa shape index (κ1) is 16.6. The summed E-state index contributed by atoms with van der Waals surface area (Å²) in [4.78, 5) is 24.1. The van der Waals surface area contributed by atoms with Gasteiger partial charge in [-0.2, -0.15) is 0 Å². The maximum atomic E-state index is 12.1. The molecule has 1 aromatic carbocycles. The average Bonchev–Trinajstić information content (AvgIpc) is 2.93. The molecule has 0 aromatic heterocycles. The van der Waals surface area contributed by atoms with Crippen LogP contribution in [0.25, 0.3) is 0 Å². The Balaban J connectivity index is 2.04. The number of amides is 2. The SMILES string of the molecule is CC(C)NC(=O)c1ccc(Cl)c(NC(=O)C[C@@H]2C=CCC2)c1. The van der Waals surface area contributed by atoms with E-state index in [0.717, 1.165) is 12.8 Å². The summed E-state index contributed by atoms with van der Waals surface area (Å²) in [6.45, 7) is 3.79. The lowest BCUT2D eigenvalue weighted by Gasteiger charge is -2.12. The largest absolute Gasteiger partial charge is 0.350 e. The minimum atomic E-state index is -0.180. The zero-order valence-electron chi connectivity index (χ0n) is 12.9. The summed E-state index contributed by atoms with van der Waals surface area (Å²) in [5, 5.41) is 6.04. The summed E-state index contributed by atoms with van der Waals surface area (Å²) in [7, 11) is 0. The fourth-order valence-electron chi connectivity index (χ4n) is 2.41. The Bertz CT molecular complexity index is 596. The summed E-state index contributed by atoms with van der Waals surface area (Å²) in [5.74, 6) is 0.0342. The Morgan fingerprint density at radius 3 is 2.77 bits per heavy atom. The Hall–Kier alpha value is -1.81. The molecular formula is C17H21ClN2O2. The van der Waals surface area contributed by atoms with E-state index in [2.05, 4.69) is 22.8 Å². The van der Waals surface area contributed by atoms with Gasteiger partial charge in [0.1, 0.15) is 0 Å². The molecule has 0 saturated carbocycles. The van der Waals surface area contributed by atoms with E-state index < -0.39 is 0 Å². The van der Waals surface area contributed by atoms with Crippen LogP contribution in [0.5, 0.6) is 0 Å². The molecular weight excluding hydrogens is 300 g/mol. The standard InChI is InChI=1S/C17H21ClN2O2/c1-11(2)19-17(22)13-7-8-14(18)15(10-13)20-16(21)9-12-5-3-4-6-12/h3,5,7-8,10-12H,4,6,9H2,1-2H3,(H,19,22)(H,20,21)/t12-/m1/s1. The van der Waals surface area contributed by atoms with Crippen LogP contribution in [-0.4, -0.2) is 17.9 Å². The highest BCUT2D eigenvalue weighted by molar-refractivity contribution is 6.33. The molecule has 2 amide bonds. The second-order valence-corrected chi connectivity index (χ2v) is 6.25. The van der Waals surface area contributed by atoms with Crippen molar-refractivity contribution in [1.82, 2.24) is 5.32 Å². The predicted octanol–water partition coefficient (Wildman–Crippen LogP) is 3.77. The van der Waals surface area contributed by atoms with Crippen molar-refractivity contribution in [1.29, 1.82) is 0 Å². The number of rotatable bonds is 5. The highest BCUT2D eigenvalue weighted by atomic mass is 35.5. The van der Waals surface area contributed by atoms with E-state index in [1.807, 2.05) is 13.8 Å². The molecule has 0 fully saturated rings. The number of hydrogen-bond acceptors (Lipinski definition) is 2. The fraction of sp³-hybridized carbons (Fsp3) is 0.412. The highest BCUT2D eigenvalue weighted by Crippen LogP contribution is 2.25. The minimum absolute atomic E-state index is 0.0513. The van der Waals surface area contributed by atoms with Gasteiger partial charge in [-0.25, -0.2) is 0 Å². The second kappa shape index (κ2) is 7.45. The summed E-state index contributed by atoms with van der Waals surface area (Å²) in [6.07, 6.45) is 6.66. The third-order valence-corrected chi connectivity index (χ3v) is 3.81. The van der Waals surface area contributed by atoms with Gasteiger partial charge in [-0.3, -0.25) is 9.59 Å². The lowest BCUT2D eigenvalue weighted by Crippen LogP contribution is -2.30. The second-order valence-electron chi connectivity index (χ2n) is 5.84. The number of benzene rings is 1. The smallest absolute Gasteiger partial charge is 0.251 e. The number of hydrogen-bond donors (Lipinski definition) is 2. The van der Waals surface area contributed by atoms with Crippen LogP contribution in [-0.2, 0) is 4.79 Å². The van der Waals surface area contributed by atoms with Gasteiger partial charge in [0, 0.05) is 18.0 Å². The van der Waals surface area contributed by atoms with Crippen LogP contribution in [0.4, 0.5) is 5.69 Å². The van der Waals surface area contributed by atoms with Crippen molar-refractivity contribution in [2.24, 2.45) is 5.92 Å². The first-order chi connectivity index (χ1) is 10.5. The number of allylic oxidation sites excluding steroid dienone is 2. The molecule has 0 heterocycles. The van der Waals surface area contributed by atoms with Crippen LogP contribution in [0.3, 0.4) is 0 Å². The molecule has 1 aliphatic carbocycles. The topological polar surface area (TPSA) is 58.2 Å². The van der Waals surface area contributed by atoms with Crippen molar-refractivity contribution >= 4 is 29.1 Å². The third kappa shape index (κ3) is 4.60. The molecule has 5 heteroatoms. The van der Waals surface area contributed by atoms with Crippen LogP contribution in [0.15, 0.2) is 30.4 Å². The minimum Gasteiger partial charge on any atom is -0.350 e. The first-order valence-corrected chi connectivity index (χ1v) is 7.90. The van der Waals surface area contributed by atoms with Crippen LogP contribution < -0.4 is 10.6 Å². The highest BCUT2D eigenvalue weighted by Gasteiger charge is 2.16. The van der Waals surface area contributed by atoms with Crippen molar-refractivity contribution in [3.63, 3.8) is 0 Å². The normalized spacial score (nSPS) is 16.8. The van der Waals surface area contributed by atoms with Gasteiger partial charge in [0.25, 0.3) is 5.91 Å². The maximum absolute atomic E-state index is 12.1. The van der Waals surface area contributed by atoms with Gasteiger partial charge < -0.3 is 10.6 Å². The van der Waals surface area contributed by atoms with Gasteiger partial charge in [-0.05, 0) is 50.8 Å². The van der Waals surface area contributed by atoms with Gasteiger partial charge in [0.05, 0.1) is 10.7 Å². The zero-order chi connectivity index (χ0) is 16.1. The number of nitrogens with one attached hydrogen (secondary N) is 2. The summed E-state index contributed by atoms with van der Waals surface area (Å²) >= 11 is 6.11. The Labute approximate surface area is 135 Å². The molecule has 4 nitrogen and oxygen atoms in total. The zero-order valence-corrected chi connectivity index (χ0v) is 13.6. The molecule has 1 atom stereocenters. The number of carbonyl (C=O) groups excluding carboxylic acids is 2. The van der Waals surface area contributed by atoms with Crippen molar-refractivity contribution in [3.05, 3.63) is 40.9 Å². The first-order valence-electron chi connectivity index (χ1n) is 7.52. The lowest BCUT2D eigenvalue weighted by molar-refractivity contribution is -0.116. The average molecular weight is 321 g/mol. The third-order valence-electron chi connectivity index (χ3n) is 3.48. The van der Waals surface area contributed by atoms with Crippen molar-refractivity contribution in [2.45, 2.75) is 39.2 Å². The van der Waals surface area contributed by atoms with Crippen LogP contribution in [0.1, 0.15) is 43.5 Å². The van der Waals surface area contributed by atoms with Gasteiger partial charge >= 0.3 is 0 Å². The fourth-order valence-corrected chi connectivity index (χ4v) is 2.58. The molecule has 1 aliphatic rings. The van der Waals surface area contributed by atoms with Gasteiger partial charge in [0.2, 0.25) is 5.91 Å².